The van der Waals surface area contributed by atoms with E-state index in [0.717, 1.165) is 6.42 Å². The third-order valence-corrected chi connectivity index (χ3v) is 4.84. The van der Waals surface area contributed by atoms with Crippen LogP contribution in [0.3, 0.4) is 0 Å². The van der Waals surface area contributed by atoms with Gasteiger partial charge in [0.2, 0.25) is 12.0 Å². The first-order valence-electron chi connectivity index (χ1n) is 9.92. The number of ether oxygens (including phenoxy) is 3. The van der Waals surface area contributed by atoms with E-state index in [1.807, 2.05) is 19.1 Å². The zero-order valence-electron chi connectivity index (χ0n) is 16.9. The van der Waals surface area contributed by atoms with Crippen LogP contribution < -0.4 is 15.1 Å². The van der Waals surface area contributed by atoms with E-state index < -0.39 is 48.7 Å². The van der Waals surface area contributed by atoms with Gasteiger partial charge >= 0.3 is 5.63 Å². The summed E-state index contributed by atoms with van der Waals surface area (Å²) in [5.74, 6) is -0.549. The molecule has 0 unspecified atom stereocenters. The molecule has 5 N–H and O–H groups in total. The topological polar surface area (TPSA) is 159 Å². The number of aromatic hydroxyl groups is 1. The van der Waals surface area contributed by atoms with Crippen molar-refractivity contribution < 1.29 is 44.2 Å². The maximum atomic E-state index is 12.0. The molecule has 170 valence electrons. The van der Waals surface area contributed by atoms with Gasteiger partial charge in [0, 0.05) is 6.07 Å². The molecule has 0 saturated carbocycles. The molecule has 1 saturated heterocycles. The fourth-order valence-electron chi connectivity index (χ4n) is 3.17. The second-order valence-corrected chi connectivity index (χ2v) is 7.06. The Bertz CT molecular complexity index is 967. The molecule has 1 aromatic carbocycles. The first-order valence-corrected chi connectivity index (χ1v) is 9.92. The Morgan fingerprint density at radius 1 is 1.13 bits per heavy atom. The minimum absolute atomic E-state index is 0.0180. The first-order chi connectivity index (χ1) is 14.9. The second-order valence-electron chi connectivity index (χ2n) is 7.06. The lowest BCUT2D eigenvalue weighted by molar-refractivity contribution is -0.277. The molecule has 1 aliphatic rings. The number of hydrogen-bond donors (Lipinski definition) is 5. The maximum Gasteiger partial charge on any atom is 0.382 e. The van der Waals surface area contributed by atoms with Crippen molar-refractivity contribution in [3.05, 3.63) is 40.8 Å². The Hall–Kier alpha value is -2.63. The molecule has 0 bridgehead atoms. The molecule has 10 heteroatoms. The summed E-state index contributed by atoms with van der Waals surface area (Å²) in [6.07, 6.45) is -1.82. The first kappa shape index (κ1) is 23.0. The second kappa shape index (κ2) is 10.1. The Morgan fingerprint density at radius 3 is 2.61 bits per heavy atom. The number of aliphatic hydroxyl groups is 4. The average molecular weight is 438 g/mol. The van der Waals surface area contributed by atoms with E-state index >= 15 is 0 Å². The molecule has 10 nitrogen and oxygen atoms in total. The van der Waals surface area contributed by atoms with E-state index in [-0.39, 0.29) is 23.7 Å². The van der Waals surface area contributed by atoms with Crippen molar-refractivity contribution >= 4 is 11.0 Å². The fraction of sp³-hybridized carbons (Fsp3) is 0.476. The normalized spacial score (nSPS) is 26.4. The van der Waals surface area contributed by atoms with Crippen molar-refractivity contribution in [1.29, 1.82) is 0 Å². The van der Waals surface area contributed by atoms with E-state index in [1.165, 1.54) is 18.2 Å². The highest BCUT2D eigenvalue weighted by Crippen LogP contribution is 2.34. The summed E-state index contributed by atoms with van der Waals surface area (Å²) in [7, 11) is 0. The summed E-state index contributed by atoms with van der Waals surface area (Å²) >= 11 is 0. The van der Waals surface area contributed by atoms with Gasteiger partial charge in [-0.3, -0.25) is 0 Å². The minimum Gasteiger partial charge on any atom is -0.499 e. The maximum absolute atomic E-state index is 12.0. The molecule has 1 aliphatic heterocycles. The van der Waals surface area contributed by atoms with Crippen LogP contribution in [0.4, 0.5) is 0 Å². The van der Waals surface area contributed by atoms with E-state index in [2.05, 4.69) is 0 Å². The lowest BCUT2D eigenvalue weighted by Crippen LogP contribution is -2.60. The largest absolute Gasteiger partial charge is 0.499 e. The third kappa shape index (κ3) is 5.00. The summed E-state index contributed by atoms with van der Waals surface area (Å²) in [4.78, 5) is 12.0. The zero-order chi connectivity index (χ0) is 22.5. The Kier molecular flexibility index (Phi) is 7.52. The Labute approximate surface area is 177 Å². The van der Waals surface area contributed by atoms with Gasteiger partial charge in [-0.25, -0.2) is 4.79 Å². The van der Waals surface area contributed by atoms with Crippen molar-refractivity contribution in [2.75, 3.05) is 13.2 Å². The van der Waals surface area contributed by atoms with Gasteiger partial charge in [0.1, 0.15) is 35.7 Å². The van der Waals surface area contributed by atoms with Crippen LogP contribution in [0.5, 0.6) is 17.2 Å². The van der Waals surface area contributed by atoms with Crippen LogP contribution >= 0.6 is 0 Å². The van der Waals surface area contributed by atoms with Crippen LogP contribution in [0, 0.1) is 0 Å². The summed E-state index contributed by atoms with van der Waals surface area (Å²) in [6, 6.07) is 4.29. The van der Waals surface area contributed by atoms with E-state index in [0.29, 0.717) is 11.8 Å². The van der Waals surface area contributed by atoms with Gasteiger partial charge in [0.15, 0.2) is 5.75 Å². The van der Waals surface area contributed by atoms with Gasteiger partial charge in [-0.1, -0.05) is 19.1 Å². The summed E-state index contributed by atoms with van der Waals surface area (Å²) in [5.41, 5.74) is -0.930. The summed E-state index contributed by atoms with van der Waals surface area (Å²) in [5, 5.41) is 49.5. The molecule has 31 heavy (non-hydrogen) atoms. The van der Waals surface area contributed by atoms with Gasteiger partial charge in [-0.2, -0.15) is 0 Å². The van der Waals surface area contributed by atoms with Crippen LogP contribution in [0.2, 0.25) is 0 Å². The number of rotatable bonds is 8. The van der Waals surface area contributed by atoms with Crippen LogP contribution in [-0.2, 0) is 4.74 Å². The van der Waals surface area contributed by atoms with Gasteiger partial charge in [0.05, 0.1) is 18.6 Å². The standard InChI is InChI=1S/C21H26O10/c1-2-3-4-5-8-28-19-12-7-6-11(9-13(12)30-20(27)18(19)26)29-21-17(25)16(24)15(23)14(10-22)31-21/h3-4,6-7,9,14-17,21-26H,2,5,8,10H2,1H3/b4-3+/t14-,15+,16+,17-,21-/m1/s1. The van der Waals surface area contributed by atoms with Gasteiger partial charge in [-0.05, 0) is 25.0 Å². The molecule has 1 aromatic heterocycles. The predicted octanol–water partition coefficient (Wildman–Crippen LogP) is 0.412. The highest BCUT2D eigenvalue weighted by atomic mass is 16.7. The van der Waals surface area contributed by atoms with Gasteiger partial charge in [-0.15, -0.1) is 0 Å². The lowest BCUT2D eigenvalue weighted by atomic mass is 9.99. The van der Waals surface area contributed by atoms with Crippen LogP contribution in [-0.4, -0.2) is 69.5 Å². The molecule has 1 fully saturated rings. The molecule has 0 spiro atoms. The third-order valence-electron chi connectivity index (χ3n) is 4.84. The molecule has 3 rings (SSSR count). The number of hydrogen-bond acceptors (Lipinski definition) is 10. The molecule has 2 aromatic rings. The van der Waals surface area contributed by atoms with Gasteiger partial charge < -0.3 is 44.2 Å². The zero-order valence-corrected chi connectivity index (χ0v) is 16.9. The molecule has 0 amide bonds. The molecule has 0 aliphatic carbocycles. The minimum atomic E-state index is -1.59. The molecular formula is C21H26O10. The number of benzene rings is 1. The average Bonchev–Trinajstić information content (AvgIpc) is 2.76. The fourth-order valence-corrected chi connectivity index (χ4v) is 3.17. The summed E-state index contributed by atoms with van der Waals surface area (Å²) < 4.78 is 21.5. The molecule has 5 atom stereocenters. The van der Waals surface area contributed by atoms with Gasteiger partial charge in [0.25, 0.3) is 0 Å². The summed E-state index contributed by atoms with van der Waals surface area (Å²) in [6.45, 7) is 1.65. The highest BCUT2D eigenvalue weighted by molar-refractivity contribution is 5.86. The smallest absolute Gasteiger partial charge is 0.382 e. The van der Waals surface area contributed by atoms with Crippen LogP contribution in [0.25, 0.3) is 11.0 Å². The van der Waals surface area contributed by atoms with E-state index in [4.69, 9.17) is 18.6 Å². The highest BCUT2D eigenvalue weighted by Gasteiger charge is 2.44. The Balaban J connectivity index is 1.83. The number of aliphatic hydroxyl groups excluding tert-OH is 4. The van der Waals surface area contributed by atoms with Crippen LogP contribution in [0.15, 0.2) is 39.6 Å². The SMILES string of the molecule is CC/C=C/CCOc1c(O)c(=O)oc2cc(O[C@@H]3O[C@H](CO)[C@H](O)[C@H](O)[C@H]3O)ccc12. The van der Waals surface area contributed by atoms with E-state index in [1.54, 1.807) is 0 Å². The van der Waals surface area contributed by atoms with Crippen molar-refractivity contribution in [1.82, 2.24) is 0 Å². The van der Waals surface area contributed by atoms with E-state index in [9.17, 15) is 30.3 Å². The van der Waals surface area contributed by atoms with Crippen molar-refractivity contribution in [3.63, 3.8) is 0 Å². The monoisotopic (exact) mass is 438 g/mol. The molecule has 0 radical (unpaired) electrons. The van der Waals surface area contributed by atoms with Crippen LogP contribution in [0.1, 0.15) is 19.8 Å². The van der Waals surface area contributed by atoms with Crippen molar-refractivity contribution in [2.24, 2.45) is 0 Å². The number of fused-ring (bicyclic) bond motifs is 1. The van der Waals surface area contributed by atoms with Crippen molar-refractivity contribution in [2.45, 2.75) is 50.5 Å². The number of allylic oxidation sites excluding steroid dienone is 1. The molecule has 2 heterocycles. The molecular weight excluding hydrogens is 412 g/mol. The Morgan fingerprint density at radius 2 is 1.90 bits per heavy atom. The van der Waals surface area contributed by atoms with Crippen molar-refractivity contribution in [3.8, 4) is 17.2 Å². The lowest BCUT2D eigenvalue weighted by Gasteiger charge is -2.39. The predicted molar refractivity (Wildman–Crippen MR) is 108 cm³/mol. The quantitative estimate of drug-likeness (QED) is 0.222.